The molecule has 1 saturated carbocycles. The fraction of sp³-hybridized carbons (Fsp3) is 0.400. The van der Waals surface area contributed by atoms with Crippen molar-refractivity contribution in [1.29, 1.82) is 0 Å². The number of aromatic nitrogens is 4. The Hall–Kier alpha value is -3.55. The largest absolute Gasteiger partial charge is 0.497 e. The van der Waals surface area contributed by atoms with Crippen LogP contribution >= 0.6 is 0 Å². The van der Waals surface area contributed by atoms with Gasteiger partial charge in [-0.1, -0.05) is 5.16 Å². The summed E-state index contributed by atoms with van der Waals surface area (Å²) in [6.07, 6.45) is 4.00. The second-order valence-electron chi connectivity index (χ2n) is 8.71. The molecule has 2 aromatic heterocycles. The molecule has 4 aromatic rings. The van der Waals surface area contributed by atoms with Crippen molar-refractivity contribution in [3.8, 4) is 23.0 Å². The van der Waals surface area contributed by atoms with Gasteiger partial charge in [0.25, 0.3) is 5.89 Å². The maximum absolute atomic E-state index is 12.9. The Kier molecular flexibility index (Phi) is 5.66. The van der Waals surface area contributed by atoms with Crippen molar-refractivity contribution in [1.82, 2.24) is 19.3 Å². The monoisotopic (exact) mass is 448 g/mol. The summed E-state index contributed by atoms with van der Waals surface area (Å²) in [5.41, 5.74) is 2.75. The molecule has 0 bridgehead atoms. The highest BCUT2D eigenvalue weighted by Gasteiger charge is 2.27. The molecular formula is C25H28N4O4. The van der Waals surface area contributed by atoms with Gasteiger partial charge in [-0.15, -0.1) is 0 Å². The first-order valence-electron chi connectivity index (χ1n) is 11.3. The fourth-order valence-electron chi connectivity index (χ4n) is 4.81. The van der Waals surface area contributed by atoms with Crippen molar-refractivity contribution in [2.45, 2.75) is 38.1 Å². The van der Waals surface area contributed by atoms with Gasteiger partial charge < -0.3 is 14.0 Å². The number of benzene rings is 2. The molecule has 0 atom stereocenters. The summed E-state index contributed by atoms with van der Waals surface area (Å²) < 4.78 is 19.7. The molecule has 33 heavy (non-hydrogen) atoms. The average molecular weight is 449 g/mol. The predicted octanol–water partition coefficient (Wildman–Crippen LogP) is 4.38. The highest BCUT2D eigenvalue weighted by molar-refractivity contribution is 5.77. The first kappa shape index (κ1) is 21.3. The lowest BCUT2D eigenvalue weighted by atomic mass is 9.81. The van der Waals surface area contributed by atoms with E-state index in [1.165, 1.54) is 0 Å². The smallest absolute Gasteiger partial charge is 0.328 e. The van der Waals surface area contributed by atoms with Crippen molar-refractivity contribution in [2.24, 2.45) is 13.0 Å². The predicted molar refractivity (Wildman–Crippen MR) is 125 cm³/mol. The van der Waals surface area contributed by atoms with Crippen LogP contribution < -0.4 is 15.2 Å². The molecular weight excluding hydrogens is 420 g/mol. The van der Waals surface area contributed by atoms with Crippen LogP contribution in [0.15, 0.2) is 51.8 Å². The van der Waals surface area contributed by atoms with Gasteiger partial charge in [0.2, 0.25) is 0 Å². The van der Waals surface area contributed by atoms with Gasteiger partial charge in [-0.25, -0.2) is 4.79 Å². The molecule has 0 spiro atoms. The van der Waals surface area contributed by atoms with Crippen molar-refractivity contribution in [3.05, 3.63) is 58.8 Å². The molecule has 0 aliphatic heterocycles. The van der Waals surface area contributed by atoms with E-state index in [9.17, 15) is 4.79 Å². The average Bonchev–Trinajstić information content (AvgIpc) is 3.44. The Morgan fingerprint density at radius 2 is 1.67 bits per heavy atom. The van der Waals surface area contributed by atoms with Crippen molar-refractivity contribution >= 4 is 11.0 Å². The summed E-state index contributed by atoms with van der Waals surface area (Å²) in [6.45, 7) is 0.708. The number of rotatable bonds is 6. The number of methoxy groups -OCH3 is 2. The number of hydrogen-bond acceptors (Lipinski definition) is 6. The first-order chi connectivity index (χ1) is 16.1. The van der Waals surface area contributed by atoms with E-state index < -0.39 is 0 Å². The lowest BCUT2D eigenvalue weighted by Gasteiger charge is -2.26. The Morgan fingerprint density at radius 1 is 0.970 bits per heavy atom. The number of imidazole rings is 1. The summed E-state index contributed by atoms with van der Waals surface area (Å²) in [5.74, 6) is 3.57. The molecule has 1 aliphatic carbocycles. The molecule has 8 heteroatoms. The van der Waals surface area contributed by atoms with Gasteiger partial charge in [-0.2, -0.15) is 4.98 Å². The lowest BCUT2D eigenvalue weighted by Crippen LogP contribution is -2.27. The fourth-order valence-corrected chi connectivity index (χ4v) is 4.81. The molecule has 2 heterocycles. The zero-order chi connectivity index (χ0) is 22.9. The Balaban J connectivity index is 1.27. The molecule has 0 unspecified atom stereocenters. The van der Waals surface area contributed by atoms with Crippen LogP contribution in [0.25, 0.3) is 22.5 Å². The third kappa shape index (κ3) is 4.01. The van der Waals surface area contributed by atoms with Crippen molar-refractivity contribution < 1.29 is 14.0 Å². The Labute approximate surface area is 191 Å². The number of hydrogen-bond donors (Lipinski definition) is 0. The lowest BCUT2D eigenvalue weighted by molar-refractivity contribution is 0.283. The molecule has 0 amide bonds. The number of aryl methyl sites for hydroxylation is 1. The summed E-state index contributed by atoms with van der Waals surface area (Å²) >= 11 is 0. The minimum absolute atomic E-state index is 0.0164. The summed E-state index contributed by atoms with van der Waals surface area (Å²) in [6, 6.07) is 13.4. The van der Waals surface area contributed by atoms with Gasteiger partial charge in [-0.3, -0.25) is 9.13 Å². The number of fused-ring (bicyclic) bond motifs is 1. The normalized spacial score (nSPS) is 18.5. The van der Waals surface area contributed by atoms with Gasteiger partial charge in [0.05, 0.1) is 25.3 Å². The third-order valence-electron chi connectivity index (χ3n) is 6.78. The van der Waals surface area contributed by atoms with Crippen molar-refractivity contribution in [3.63, 3.8) is 0 Å². The van der Waals surface area contributed by atoms with E-state index in [1.807, 2.05) is 54.1 Å². The standard InChI is InChI=1S/C25H28N4O4/c1-28-21-13-12-20(32-3)14-22(21)29(25(28)30)15-16-4-6-17(7-5-16)23-26-24(33-27-23)18-8-10-19(31-2)11-9-18/h8-14,16-17H,4-7,15H2,1-3H3. The summed E-state index contributed by atoms with van der Waals surface area (Å²) in [7, 11) is 5.11. The molecule has 0 saturated heterocycles. The minimum Gasteiger partial charge on any atom is -0.497 e. The van der Waals surface area contributed by atoms with Gasteiger partial charge in [0, 0.05) is 31.1 Å². The van der Waals surface area contributed by atoms with Crippen LogP contribution in [0.2, 0.25) is 0 Å². The Morgan fingerprint density at radius 3 is 2.36 bits per heavy atom. The van der Waals surface area contributed by atoms with Gasteiger partial charge in [0.1, 0.15) is 11.5 Å². The van der Waals surface area contributed by atoms with Crippen LogP contribution in [0.3, 0.4) is 0 Å². The van der Waals surface area contributed by atoms with E-state index in [-0.39, 0.29) is 11.6 Å². The molecule has 0 N–H and O–H groups in total. The highest BCUT2D eigenvalue weighted by Crippen LogP contribution is 2.36. The minimum atomic E-state index is 0.0164. The third-order valence-corrected chi connectivity index (χ3v) is 6.78. The van der Waals surface area contributed by atoms with Crippen LogP contribution in [0.5, 0.6) is 11.5 Å². The summed E-state index contributed by atoms with van der Waals surface area (Å²) in [4.78, 5) is 17.5. The quantitative estimate of drug-likeness (QED) is 0.435. The SMILES string of the molecule is COc1ccc(-c2nc(C3CCC(Cn4c(=O)n(C)c5ccc(OC)cc54)CC3)no2)cc1. The second kappa shape index (κ2) is 8.77. The van der Waals surface area contributed by atoms with E-state index >= 15 is 0 Å². The van der Waals surface area contributed by atoms with E-state index in [1.54, 1.807) is 18.8 Å². The maximum atomic E-state index is 12.9. The van der Waals surface area contributed by atoms with Crippen LogP contribution in [-0.2, 0) is 13.6 Å². The molecule has 0 radical (unpaired) electrons. The van der Waals surface area contributed by atoms with E-state index in [2.05, 4.69) is 10.1 Å². The first-order valence-corrected chi connectivity index (χ1v) is 11.3. The molecule has 172 valence electrons. The van der Waals surface area contributed by atoms with Crippen molar-refractivity contribution in [2.75, 3.05) is 14.2 Å². The second-order valence-corrected chi connectivity index (χ2v) is 8.71. The van der Waals surface area contributed by atoms with Crippen LogP contribution in [-0.4, -0.2) is 33.5 Å². The number of ether oxygens (including phenoxy) is 2. The van der Waals surface area contributed by atoms with Crippen LogP contribution in [0, 0.1) is 5.92 Å². The van der Waals surface area contributed by atoms with Gasteiger partial charge in [0.15, 0.2) is 5.82 Å². The van der Waals surface area contributed by atoms with E-state index in [4.69, 9.17) is 14.0 Å². The van der Waals surface area contributed by atoms with Crippen LogP contribution in [0.4, 0.5) is 0 Å². The van der Waals surface area contributed by atoms with Crippen LogP contribution in [0.1, 0.15) is 37.4 Å². The zero-order valence-electron chi connectivity index (χ0n) is 19.2. The van der Waals surface area contributed by atoms with Gasteiger partial charge in [-0.05, 0) is 68.0 Å². The number of nitrogens with zero attached hydrogens (tertiary/aromatic N) is 4. The van der Waals surface area contributed by atoms with Gasteiger partial charge >= 0.3 is 5.69 Å². The zero-order valence-corrected chi connectivity index (χ0v) is 19.2. The Bertz CT molecular complexity index is 1310. The molecule has 1 fully saturated rings. The molecule has 5 rings (SSSR count). The molecule has 1 aliphatic rings. The highest BCUT2D eigenvalue weighted by atomic mass is 16.5. The van der Waals surface area contributed by atoms with E-state index in [0.29, 0.717) is 18.4 Å². The van der Waals surface area contributed by atoms with E-state index in [0.717, 1.165) is 59.6 Å². The molecule has 8 nitrogen and oxygen atoms in total. The maximum Gasteiger partial charge on any atom is 0.328 e. The topological polar surface area (TPSA) is 84.3 Å². The molecule has 2 aromatic carbocycles. The summed E-state index contributed by atoms with van der Waals surface area (Å²) in [5, 5.41) is 4.26.